The molecular weight excluding hydrogens is 264 g/mol. The van der Waals surface area contributed by atoms with E-state index in [9.17, 15) is 0 Å². The Labute approximate surface area is 128 Å². The molecule has 1 aromatic heterocycles. The van der Waals surface area contributed by atoms with Crippen molar-refractivity contribution in [3.05, 3.63) is 11.4 Å². The third-order valence-corrected chi connectivity index (χ3v) is 3.74. The van der Waals surface area contributed by atoms with Gasteiger partial charge in [0.05, 0.1) is 12.2 Å². The summed E-state index contributed by atoms with van der Waals surface area (Å²) in [5.41, 5.74) is 1.14. The first kappa shape index (κ1) is 16.0. The standard InChI is InChI=1S/C16H28N4O/c1-6-8-17-15-13(5)16(19-14(7-2)18-15)20-9-11(3)21-12(4)10-20/h11-12H,6-10H2,1-5H3,(H,17,18,19). The largest absolute Gasteiger partial charge is 0.372 e. The first-order valence-corrected chi connectivity index (χ1v) is 8.06. The molecule has 0 spiro atoms. The SMILES string of the molecule is CCCNc1nc(CC)nc(N2CC(C)OC(C)C2)c1C. The zero-order valence-corrected chi connectivity index (χ0v) is 13.9. The first-order valence-electron chi connectivity index (χ1n) is 8.06. The minimum atomic E-state index is 0.236. The maximum Gasteiger partial charge on any atom is 0.137 e. The summed E-state index contributed by atoms with van der Waals surface area (Å²) in [6.45, 7) is 13.3. The number of ether oxygens (including phenoxy) is 1. The molecule has 0 radical (unpaired) electrons. The zero-order chi connectivity index (χ0) is 15.4. The maximum atomic E-state index is 5.83. The lowest BCUT2D eigenvalue weighted by atomic mass is 10.2. The number of anilines is 2. The zero-order valence-electron chi connectivity index (χ0n) is 13.9. The third-order valence-electron chi connectivity index (χ3n) is 3.74. The van der Waals surface area contributed by atoms with Gasteiger partial charge in [0, 0.05) is 31.6 Å². The highest BCUT2D eigenvalue weighted by Gasteiger charge is 2.25. The number of morpholine rings is 1. The summed E-state index contributed by atoms with van der Waals surface area (Å²) >= 11 is 0. The van der Waals surface area contributed by atoms with Crippen molar-refractivity contribution in [3.8, 4) is 0 Å². The highest BCUT2D eigenvalue weighted by Crippen LogP contribution is 2.26. The Bertz CT molecular complexity index is 468. The Morgan fingerprint density at radius 3 is 2.43 bits per heavy atom. The summed E-state index contributed by atoms with van der Waals surface area (Å²) in [6, 6.07) is 0. The number of hydrogen-bond donors (Lipinski definition) is 1. The average molecular weight is 292 g/mol. The molecule has 1 aliphatic heterocycles. The molecule has 2 atom stereocenters. The van der Waals surface area contributed by atoms with E-state index < -0.39 is 0 Å². The van der Waals surface area contributed by atoms with Crippen LogP contribution in [0.2, 0.25) is 0 Å². The summed E-state index contributed by atoms with van der Waals surface area (Å²) in [6.07, 6.45) is 2.41. The van der Waals surface area contributed by atoms with E-state index in [1.54, 1.807) is 0 Å². The lowest BCUT2D eigenvalue weighted by Crippen LogP contribution is -2.46. The fourth-order valence-electron chi connectivity index (χ4n) is 2.78. The second kappa shape index (κ2) is 7.07. The Morgan fingerprint density at radius 2 is 1.86 bits per heavy atom. The number of nitrogens with zero attached hydrogens (tertiary/aromatic N) is 3. The molecule has 0 amide bonds. The van der Waals surface area contributed by atoms with Gasteiger partial charge in [0.2, 0.25) is 0 Å². The molecule has 118 valence electrons. The number of aromatic nitrogens is 2. The normalized spacial score (nSPS) is 22.4. The van der Waals surface area contributed by atoms with E-state index >= 15 is 0 Å². The molecule has 0 bridgehead atoms. The summed E-state index contributed by atoms with van der Waals surface area (Å²) in [5, 5.41) is 3.43. The van der Waals surface area contributed by atoms with Crippen LogP contribution in [0.25, 0.3) is 0 Å². The van der Waals surface area contributed by atoms with Crippen molar-refractivity contribution < 1.29 is 4.74 Å². The van der Waals surface area contributed by atoms with Gasteiger partial charge < -0.3 is 15.0 Å². The summed E-state index contributed by atoms with van der Waals surface area (Å²) < 4.78 is 5.83. The lowest BCUT2D eigenvalue weighted by molar-refractivity contribution is -0.00550. The minimum Gasteiger partial charge on any atom is -0.372 e. The van der Waals surface area contributed by atoms with Crippen molar-refractivity contribution in [2.75, 3.05) is 29.9 Å². The van der Waals surface area contributed by atoms with Crippen molar-refractivity contribution in [1.29, 1.82) is 0 Å². The van der Waals surface area contributed by atoms with Crippen LogP contribution in [-0.4, -0.2) is 41.8 Å². The summed E-state index contributed by atoms with van der Waals surface area (Å²) in [4.78, 5) is 11.8. The van der Waals surface area contributed by atoms with Crippen LogP contribution in [0.3, 0.4) is 0 Å². The van der Waals surface area contributed by atoms with E-state index in [0.717, 1.165) is 55.5 Å². The van der Waals surface area contributed by atoms with Crippen molar-refractivity contribution >= 4 is 11.6 Å². The van der Waals surface area contributed by atoms with Crippen LogP contribution in [0.5, 0.6) is 0 Å². The van der Waals surface area contributed by atoms with Gasteiger partial charge in [0.25, 0.3) is 0 Å². The van der Waals surface area contributed by atoms with E-state index in [4.69, 9.17) is 9.72 Å². The average Bonchev–Trinajstić information content (AvgIpc) is 2.45. The monoisotopic (exact) mass is 292 g/mol. The van der Waals surface area contributed by atoms with Crippen molar-refractivity contribution in [2.24, 2.45) is 0 Å². The quantitative estimate of drug-likeness (QED) is 0.904. The van der Waals surface area contributed by atoms with Crippen LogP contribution in [0.15, 0.2) is 0 Å². The summed E-state index contributed by atoms with van der Waals surface area (Å²) in [5.74, 6) is 2.94. The molecule has 2 unspecified atom stereocenters. The van der Waals surface area contributed by atoms with Gasteiger partial charge in [0.15, 0.2) is 0 Å². The van der Waals surface area contributed by atoms with Crippen LogP contribution >= 0.6 is 0 Å². The Morgan fingerprint density at radius 1 is 1.19 bits per heavy atom. The van der Waals surface area contributed by atoms with Gasteiger partial charge in [-0.15, -0.1) is 0 Å². The minimum absolute atomic E-state index is 0.236. The van der Waals surface area contributed by atoms with Crippen molar-refractivity contribution in [2.45, 2.75) is 59.7 Å². The van der Waals surface area contributed by atoms with Gasteiger partial charge in [0.1, 0.15) is 17.5 Å². The van der Waals surface area contributed by atoms with Crippen LogP contribution in [-0.2, 0) is 11.2 Å². The molecule has 1 fully saturated rings. The van der Waals surface area contributed by atoms with E-state index in [-0.39, 0.29) is 12.2 Å². The van der Waals surface area contributed by atoms with Crippen LogP contribution in [0.4, 0.5) is 11.6 Å². The topological polar surface area (TPSA) is 50.3 Å². The molecule has 21 heavy (non-hydrogen) atoms. The first-order chi connectivity index (χ1) is 10.0. The third kappa shape index (κ3) is 3.84. The molecule has 1 N–H and O–H groups in total. The van der Waals surface area contributed by atoms with Crippen molar-refractivity contribution in [1.82, 2.24) is 9.97 Å². The smallest absolute Gasteiger partial charge is 0.137 e. The highest BCUT2D eigenvalue weighted by atomic mass is 16.5. The lowest BCUT2D eigenvalue weighted by Gasteiger charge is -2.37. The second-order valence-corrected chi connectivity index (χ2v) is 5.88. The molecule has 1 aromatic rings. The van der Waals surface area contributed by atoms with Crippen LogP contribution in [0, 0.1) is 6.92 Å². The fraction of sp³-hybridized carbons (Fsp3) is 0.750. The predicted octanol–water partition coefficient (Wildman–Crippen LogP) is 2.78. The number of rotatable bonds is 5. The molecule has 1 saturated heterocycles. The number of hydrogen-bond acceptors (Lipinski definition) is 5. The maximum absolute atomic E-state index is 5.83. The number of nitrogens with one attached hydrogen (secondary N) is 1. The van der Waals surface area contributed by atoms with E-state index in [2.05, 4.69) is 49.8 Å². The molecule has 5 nitrogen and oxygen atoms in total. The fourth-order valence-corrected chi connectivity index (χ4v) is 2.78. The Balaban J connectivity index is 2.32. The summed E-state index contributed by atoms with van der Waals surface area (Å²) in [7, 11) is 0. The van der Waals surface area contributed by atoms with Crippen LogP contribution < -0.4 is 10.2 Å². The van der Waals surface area contributed by atoms with Gasteiger partial charge in [-0.05, 0) is 27.2 Å². The van der Waals surface area contributed by atoms with Gasteiger partial charge in [-0.25, -0.2) is 9.97 Å². The van der Waals surface area contributed by atoms with Gasteiger partial charge in [-0.2, -0.15) is 0 Å². The molecule has 0 aliphatic carbocycles. The molecule has 1 aliphatic rings. The molecule has 0 aromatic carbocycles. The van der Waals surface area contributed by atoms with E-state index in [1.165, 1.54) is 0 Å². The molecule has 5 heteroatoms. The Hall–Kier alpha value is -1.36. The Kier molecular flexibility index (Phi) is 5.39. The molecule has 2 rings (SSSR count). The molecule has 0 saturated carbocycles. The molecule has 2 heterocycles. The molecular formula is C16H28N4O. The predicted molar refractivity (Wildman–Crippen MR) is 87.1 cm³/mol. The second-order valence-electron chi connectivity index (χ2n) is 5.88. The van der Waals surface area contributed by atoms with Gasteiger partial charge in [-0.3, -0.25) is 0 Å². The van der Waals surface area contributed by atoms with Gasteiger partial charge >= 0.3 is 0 Å². The number of aryl methyl sites for hydroxylation is 1. The van der Waals surface area contributed by atoms with Crippen LogP contribution in [0.1, 0.15) is 45.5 Å². The van der Waals surface area contributed by atoms with E-state index in [0.29, 0.717) is 0 Å². The van der Waals surface area contributed by atoms with Crippen molar-refractivity contribution in [3.63, 3.8) is 0 Å². The highest BCUT2D eigenvalue weighted by molar-refractivity contribution is 5.59. The van der Waals surface area contributed by atoms with Gasteiger partial charge in [-0.1, -0.05) is 13.8 Å². The van der Waals surface area contributed by atoms with E-state index in [1.807, 2.05) is 0 Å².